The van der Waals surface area contributed by atoms with E-state index in [1.165, 1.54) is 0 Å². The van der Waals surface area contributed by atoms with Crippen LogP contribution in [0.3, 0.4) is 0 Å². The topological polar surface area (TPSA) is 51.2 Å². The molecule has 0 bridgehead atoms. The van der Waals surface area contributed by atoms with Crippen molar-refractivity contribution in [2.24, 2.45) is 0 Å². The molecule has 104 valence electrons. The van der Waals surface area contributed by atoms with Crippen LogP contribution in [0.4, 0.5) is 5.69 Å². The van der Waals surface area contributed by atoms with Gasteiger partial charge in [0.1, 0.15) is 5.75 Å². The molecule has 0 unspecified atom stereocenters. The van der Waals surface area contributed by atoms with Gasteiger partial charge in [0.2, 0.25) is 5.91 Å². The predicted octanol–water partition coefficient (Wildman–Crippen LogP) is 3.19. The summed E-state index contributed by atoms with van der Waals surface area (Å²) in [5.41, 5.74) is 1.96. The van der Waals surface area contributed by atoms with Gasteiger partial charge < -0.3 is 10.1 Å². The summed E-state index contributed by atoms with van der Waals surface area (Å²) in [7, 11) is 0. The van der Waals surface area contributed by atoms with Crippen molar-refractivity contribution in [2.45, 2.75) is 19.8 Å². The molecule has 2 rings (SSSR count). The molecule has 1 heterocycles. The van der Waals surface area contributed by atoms with Crippen LogP contribution in [0, 0.1) is 6.92 Å². The number of hydrogen-bond acceptors (Lipinski definition) is 3. The van der Waals surface area contributed by atoms with E-state index in [0.717, 1.165) is 17.0 Å². The third-order valence-corrected chi connectivity index (χ3v) is 2.75. The third-order valence-electron chi connectivity index (χ3n) is 2.75. The van der Waals surface area contributed by atoms with Crippen LogP contribution in [-0.4, -0.2) is 17.5 Å². The number of nitrogens with one attached hydrogen (secondary N) is 1. The molecule has 1 aromatic carbocycles. The fourth-order valence-corrected chi connectivity index (χ4v) is 1.80. The van der Waals surface area contributed by atoms with Crippen LogP contribution in [0.25, 0.3) is 0 Å². The first-order chi connectivity index (χ1) is 9.74. The fourth-order valence-electron chi connectivity index (χ4n) is 1.80. The van der Waals surface area contributed by atoms with E-state index in [1.807, 2.05) is 43.3 Å². The van der Waals surface area contributed by atoms with Gasteiger partial charge >= 0.3 is 0 Å². The zero-order chi connectivity index (χ0) is 14.2. The van der Waals surface area contributed by atoms with E-state index >= 15 is 0 Å². The van der Waals surface area contributed by atoms with Crippen molar-refractivity contribution in [3.8, 4) is 5.75 Å². The largest absolute Gasteiger partial charge is 0.492 e. The Morgan fingerprint density at radius 2 is 2.20 bits per heavy atom. The molecule has 0 saturated carbocycles. The first-order valence-corrected chi connectivity index (χ1v) is 6.63. The Kier molecular flexibility index (Phi) is 5.12. The second-order valence-corrected chi connectivity index (χ2v) is 4.56. The third kappa shape index (κ3) is 4.72. The molecule has 4 nitrogen and oxygen atoms in total. The van der Waals surface area contributed by atoms with E-state index < -0.39 is 0 Å². The van der Waals surface area contributed by atoms with Crippen LogP contribution in [0.15, 0.2) is 48.8 Å². The van der Waals surface area contributed by atoms with Crippen molar-refractivity contribution in [1.82, 2.24) is 4.98 Å². The Labute approximate surface area is 118 Å². The van der Waals surface area contributed by atoms with Gasteiger partial charge in [0.15, 0.2) is 0 Å². The Balaban J connectivity index is 1.68. The number of benzene rings is 1. The standard InChI is InChI=1S/C16H18N2O2/c1-13-5-2-6-14(11-13)18-16(19)8-4-10-20-15-7-3-9-17-12-15/h2-3,5-7,9,11-12H,4,8,10H2,1H3,(H,18,19). The first-order valence-electron chi connectivity index (χ1n) is 6.63. The minimum absolute atomic E-state index is 0.00499. The van der Waals surface area contributed by atoms with Gasteiger partial charge in [-0.25, -0.2) is 0 Å². The highest BCUT2D eigenvalue weighted by Gasteiger charge is 2.02. The average Bonchev–Trinajstić information content (AvgIpc) is 2.45. The Hall–Kier alpha value is -2.36. The van der Waals surface area contributed by atoms with Gasteiger partial charge in [-0.2, -0.15) is 0 Å². The van der Waals surface area contributed by atoms with Crippen molar-refractivity contribution in [3.63, 3.8) is 0 Å². The fraction of sp³-hybridized carbons (Fsp3) is 0.250. The molecule has 1 N–H and O–H groups in total. The SMILES string of the molecule is Cc1cccc(NC(=O)CCCOc2cccnc2)c1. The minimum atomic E-state index is 0.00499. The molecule has 0 aliphatic carbocycles. The molecule has 0 fully saturated rings. The number of carbonyl (C=O) groups excluding carboxylic acids is 1. The van der Waals surface area contributed by atoms with Crippen LogP contribution < -0.4 is 10.1 Å². The summed E-state index contributed by atoms with van der Waals surface area (Å²) in [6.07, 6.45) is 4.47. The molecule has 0 spiro atoms. The van der Waals surface area contributed by atoms with Crippen LogP contribution in [0.1, 0.15) is 18.4 Å². The Morgan fingerprint density at radius 3 is 2.95 bits per heavy atom. The molecular weight excluding hydrogens is 252 g/mol. The molecule has 0 aliphatic heterocycles. The maximum atomic E-state index is 11.8. The van der Waals surface area contributed by atoms with E-state index in [-0.39, 0.29) is 5.91 Å². The van der Waals surface area contributed by atoms with Crippen molar-refractivity contribution in [1.29, 1.82) is 0 Å². The van der Waals surface area contributed by atoms with Crippen molar-refractivity contribution in [2.75, 3.05) is 11.9 Å². The van der Waals surface area contributed by atoms with Gasteiger partial charge in [-0.05, 0) is 43.2 Å². The molecule has 0 aliphatic rings. The highest BCUT2D eigenvalue weighted by atomic mass is 16.5. The van der Waals surface area contributed by atoms with E-state index in [4.69, 9.17) is 4.74 Å². The summed E-state index contributed by atoms with van der Waals surface area (Å²) >= 11 is 0. The number of amides is 1. The van der Waals surface area contributed by atoms with Gasteiger partial charge in [0.25, 0.3) is 0 Å². The maximum Gasteiger partial charge on any atom is 0.224 e. The van der Waals surface area contributed by atoms with E-state index in [1.54, 1.807) is 12.4 Å². The van der Waals surface area contributed by atoms with E-state index in [9.17, 15) is 4.79 Å². The second kappa shape index (κ2) is 7.28. The summed E-state index contributed by atoms with van der Waals surface area (Å²) in [6.45, 7) is 2.50. The number of nitrogens with zero attached hydrogens (tertiary/aromatic N) is 1. The van der Waals surface area contributed by atoms with Crippen molar-refractivity contribution < 1.29 is 9.53 Å². The molecule has 1 aromatic heterocycles. The predicted molar refractivity (Wildman–Crippen MR) is 78.8 cm³/mol. The molecule has 0 atom stereocenters. The summed E-state index contributed by atoms with van der Waals surface area (Å²) in [5, 5.41) is 2.87. The number of anilines is 1. The number of pyridine rings is 1. The smallest absolute Gasteiger partial charge is 0.224 e. The Morgan fingerprint density at radius 1 is 1.30 bits per heavy atom. The number of aryl methyl sites for hydroxylation is 1. The van der Waals surface area contributed by atoms with Gasteiger partial charge in [-0.3, -0.25) is 9.78 Å². The van der Waals surface area contributed by atoms with Crippen LogP contribution >= 0.6 is 0 Å². The zero-order valence-corrected chi connectivity index (χ0v) is 11.5. The quantitative estimate of drug-likeness (QED) is 0.820. The average molecular weight is 270 g/mol. The molecule has 20 heavy (non-hydrogen) atoms. The van der Waals surface area contributed by atoms with Gasteiger partial charge in [-0.15, -0.1) is 0 Å². The second-order valence-electron chi connectivity index (χ2n) is 4.56. The van der Waals surface area contributed by atoms with E-state index in [2.05, 4.69) is 10.3 Å². The number of aromatic nitrogens is 1. The number of carbonyl (C=O) groups is 1. The number of rotatable bonds is 6. The normalized spacial score (nSPS) is 10.1. The monoisotopic (exact) mass is 270 g/mol. The molecule has 1 amide bonds. The van der Waals surface area contributed by atoms with Crippen LogP contribution in [-0.2, 0) is 4.79 Å². The summed E-state index contributed by atoms with van der Waals surface area (Å²) < 4.78 is 5.48. The van der Waals surface area contributed by atoms with Gasteiger partial charge in [-0.1, -0.05) is 12.1 Å². The lowest BCUT2D eigenvalue weighted by Crippen LogP contribution is -2.12. The summed E-state index contributed by atoms with van der Waals surface area (Å²) in [4.78, 5) is 15.7. The summed E-state index contributed by atoms with van der Waals surface area (Å²) in [6, 6.07) is 11.4. The molecule has 0 saturated heterocycles. The van der Waals surface area contributed by atoms with Crippen LogP contribution in [0.2, 0.25) is 0 Å². The van der Waals surface area contributed by atoms with Gasteiger partial charge in [0, 0.05) is 18.3 Å². The molecule has 0 radical (unpaired) electrons. The number of ether oxygens (including phenoxy) is 1. The minimum Gasteiger partial charge on any atom is -0.492 e. The first kappa shape index (κ1) is 14.1. The van der Waals surface area contributed by atoms with Gasteiger partial charge in [0.05, 0.1) is 12.8 Å². The number of hydrogen-bond donors (Lipinski definition) is 1. The highest BCUT2D eigenvalue weighted by Crippen LogP contribution is 2.11. The summed E-state index contributed by atoms with van der Waals surface area (Å²) in [5.74, 6) is 0.733. The van der Waals surface area contributed by atoms with Crippen molar-refractivity contribution >= 4 is 11.6 Å². The van der Waals surface area contributed by atoms with Crippen LogP contribution in [0.5, 0.6) is 5.75 Å². The lowest BCUT2D eigenvalue weighted by molar-refractivity contribution is -0.116. The Bertz CT molecular complexity index is 555. The zero-order valence-electron chi connectivity index (χ0n) is 11.5. The maximum absolute atomic E-state index is 11.8. The molecular formula is C16H18N2O2. The van der Waals surface area contributed by atoms with E-state index in [0.29, 0.717) is 19.4 Å². The highest BCUT2D eigenvalue weighted by molar-refractivity contribution is 5.90. The molecule has 4 heteroatoms. The lowest BCUT2D eigenvalue weighted by Gasteiger charge is -2.07. The lowest BCUT2D eigenvalue weighted by atomic mass is 10.2. The van der Waals surface area contributed by atoms with Crippen molar-refractivity contribution in [3.05, 3.63) is 54.4 Å². The molecule has 2 aromatic rings.